The molecule has 0 saturated heterocycles. The first-order chi connectivity index (χ1) is 7.25. The van der Waals surface area contributed by atoms with E-state index in [-0.39, 0.29) is 11.0 Å². The SMILES string of the molecule is CC(C)CNCC(O)CCS(=O)(=O)C(C)C. The Morgan fingerprint density at radius 1 is 1.12 bits per heavy atom. The van der Waals surface area contributed by atoms with Gasteiger partial charge in [0, 0.05) is 6.54 Å². The maximum absolute atomic E-state index is 11.5. The molecule has 0 saturated carbocycles. The van der Waals surface area contributed by atoms with E-state index in [0.29, 0.717) is 18.9 Å². The second kappa shape index (κ2) is 7.25. The van der Waals surface area contributed by atoms with E-state index in [1.807, 2.05) is 0 Å². The molecular weight excluding hydrogens is 226 g/mol. The Balaban J connectivity index is 3.78. The highest BCUT2D eigenvalue weighted by atomic mass is 32.2. The van der Waals surface area contributed by atoms with E-state index < -0.39 is 15.9 Å². The lowest BCUT2D eigenvalue weighted by atomic mass is 10.2. The Kier molecular flexibility index (Phi) is 7.19. The van der Waals surface area contributed by atoms with Crippen molar-refractivity contribution in [2.24, 2.45) is 5.92 Å². The molecule has 0 aromatic carbocycles. The second-order valence-electron chi connectivity index (χ2n) is 4.91. The summed E-state index contributed by atoms with van der Waals surface area (Å²) in [6, 6.07) is 0. The van der Waals surface area contributed by atoms with E-state index in [0.717, 1.165) is 6.54 Å². The molecule has 16 heavy (non-hydrogen) atoms. The molecule has 0 rings (SSSR count). The largest absolute Gasteiger partial charge is 0.392 e. The number of aliphatic hydroxyl groups excluding tert-OH is 1. The van der Waals surface area contributed by atoms with Crippen LogP contribution in [0.15, 0.2) is 0 Å². The zero-order chi connectivity index (χ0) is 12.8. The maximum Gasteiger partial charge on any atom is 0.152 e. The first-order valence-electron chi connectivity index (χ1n) is 5.86. The molecule has 4 nitrogen and oxygen atoms in total. The molecule has 0 fully saturated rings. The molecule has 98 valence electrons. The van der Waals surface area contributed by atoms with Crippen LogP contribution in [0.1, 0.15) is 34.1 Å². The fourth-order valence-corrected chi connectivity index (χ4v) is 2.25. The number of hydrogen-bond donors (Lipinski definition) is 2. The van der Waals surface area contributed by atoms with Gasteiger partial charge in [-0.05, 0) is 32.7 Å². The molecular formula is C11H25NO3S. The van der Waals surface area contributed by atoms with E-state index in [1.54, 1.807) is 13.8 Å². The molecule has 0 heterocycles. The zero-order valence-corrected chi connectivity index (χ0v) is 11.5. The molecule has 0 bridgehead atoms. The Morgan fingerprint density at radius 3 is 2.12 bits per heavy atom. The molecule has 1 unspecified atom stereocenters. The van der Waals surface area contributed by atoms with Crippen LogP contribution in [0.2, 0.25) is 0 Å². The third kappa shape index (κ3) is 7.19. The van der Waals surface area contributed by atoms with Gasteiger partial charge in [0.1, 0.15) is 0 Å². The molecule has 0 aromatic heterocycles. The Morgan fingerprint density at radius 2 is 1.69 bits per heavy atom. The fourth-order valence-electron chi connectivity index (χ4n) is 1.18. The average molecular weight is 251 g/mol. The van der Waals surface area contributed by atoms with Gasteiger partial charge in [0.2, 0.25) is 0 Å². The molecule has 0 spiro atoms. The van der Waals surface area contributed by atoms with Crippen molar-refractivity contribution in [2.45, 2.75) is 45.5 Å². The van der Waals surface area contributed by atoms with Crippen LogP contribution in [0.25, 0.3) is 0 Å². The fraction of sp³-hybridized carbons (Fsp3) is 1.00. The van der Waals surface area contributed by atoms with Crippen LogP contribution in [-0.2, 0) is 9.84 Å². The highest BCUT2D eigenvalue weighted by Gasteiger charge is 2.17. The van der Waals surface area contributed by atoms with Crippen LogP contribution in [0.5, 0.6) is 0 Å². The zero-order valence-electron chi connectivity index (χ0n) is 10.7. The molecule has 2 N–H and O–H groups in total. The van der Waals surface area contributed by atoms with Crippen molar-refractivity contribution in [3.8, 4) is 0 Å². The molecule has 0 aliphatic rings. The number of rotatable bonds is 8. The summed E-state index contributed by atoms with van der Waals surface area (Å²) in [7, 11) is -3.02. The van der Waals surface area contributed by atoms with Crippen molar-refractivity contribution < 1.29 is 13.5 Å². The van der Waals surface area contributed by atoms with Crippen molar-refractivity contribution >= 4 is 9.84 Å². The predicted octanol–water partition coefficient (Wildman–Crippen LogP) is 0.806. The first-order valence-corrected chi connectivity index (χ1v) is 7.57. The van der Waals surface area contributed by atoms with Gasteiger partial charge in [-0.25, -0.2) is 8.42 Å². The van der Waals surface area contributed by atoms with Gasteiger partial charge in [-0.3, -0.25) is 0 Å². The van der Waals surface area contributed by atoms with Crippen LogP contribution in [0.3, 0.4) is 0 Å². The quantitative estimate of drug-likeness (QED) is 0.670. The van der Waals surface area contributed by atoms with Gasteiger partial charge in [-0.15, -0.1) is 0 Å². The molecule has 0 radical (unpaired) electrons. The van der Waals surface area contributed by atoms with Crippen molar-refractivity contribution in [3.63, 3.8) is 0 Å². The monoisotopic (exact) mass is 251 g/mol. The summed E-state index contributed by atoms with van der Waals surface area (Å²) in [5.41, 5.74) is 0. The van der Waals surface area contributed by atoms with Crippen LogP contribution in [0, 0.1) is 5.92 Å². The molecule has 0 amide bonds. The van der Waals surface area contributed by atoms with E-state index in [1.165, 1.54) is 0 Å². The summed E-state index contributed by atoms with van der Waals surface area (Å²) >= 11 is 0. The van der Waals surface area contributed by atoms with Crippen LogP contribution < -0.4 is 5.32 Å². The predicted molar refractivity (Wildman–Crippen MR) is 67.3 cm³/mol. The van der Waals surface area contributed by atoms with Gasteiger partial charge in [0.25, 0.3) is 0 Å². The highest BCUT2D eigenvalue weighted by Crippen LogP contribution is 2.04. The lowest BCUT2D eigenvalue weighted by molar-refractivity contribution is 0.167. The smallest absolute Gasteiger partial charge is 0.152 e. The Labute approximate surface area is 99.4 Å². The van der Waals surface area contributed by atoms with Gasteiger partial charge >= 0.3 is 0 Å². The summed E-state index contributed by atoms with van der Waals surface area (Å²) in [5, 5.41) is 12.3. The summed E-state index contributed by atoms with van der Waals surface area (Å²) in [5.74, 6) is 0.599. The lowest BCUT2D eigenvalue weighted by Crippen LogP contribution is -2.31. The van der Waals surface area contributed by atoms with Crippen molar-refractivity contribution in [2.75, 3.05) is 18.8 Å². The van der Waals surface area contributed by atoms with E-state index in [4.69, 9.17) is 0 Å². The van der Waals surface area contributed by atoms with Crippen molar-refractivity contribution in [3.05, 3.63) is 0 Å². The van der Waals surface area contributed by atoms with E-state index in [9.17, 15) is 13.5 Å². The van der Waals surface area contributed by atoms with Gasteiger partial charge < -0.3 is 10.4 Å². The number of hydrogen-bond acceptors (Lipinski definition) is 4. The normalized spacial score (nSPS) is 14.7. The number of nitrogens with one attached hydrogen (secondary N) is 1. The lowest BCUT2D eigenvalue weighted by Gasteiger charge is -2.14. The maximum atomic E-state index is 11.5. The van der Waals surface area contributed by atoms with Crippen LogP contribution in [0.4, 0.5) is 0 Å². The summed E-state index contributed by atoms with van der Waals surface area (Å²) in [6.45, 7) is 8.81. The Bertz CT molecular complexity index is 273. The van der Waals surface area contributed by atoms with Crippen LogP contribution in [-0.4, -0.2) is 43.7 Å². The first kappa shape index (κ1) is 15.9. The molecule has 0 aliphatic carbocycles. The van der Waals surface area contributed by atoms with Gasteiger partial charge in [-0.2, -0.15) is 0 Å². The highest BCUT2D eigenvalue weighted by molar-refractivity contribution is 7.91. The van der Waals surface area contributed by atoms with Gasteiger partial charge in [0.15, 0.2) is 9.84 Å². The van der Waals surface area contributed by atoms with Crippen molar-refractivity contribution in [1.29, 1.82) is 0 Å². The minimum Gasteiger partial charge on any atom is -0.392 e. The molecule has 0 aliphatic heterocycles. The number of sulfone groups is 1. The van der Waals surface area contributed by atoms with Crippen molar-refractivity contribution in [1.82, 2.24) is 5.32 Å². The molecule has 0 aromatic rings. The topological polar surface area (TPSA) is 66.4 Å². The second-order valence-corrected chi connectivity index (χ2v) is 7.59. The number of aliphatic hydroxyl groups is 1. The minimum absolute atomic E-state index is 0.0647. The van der Waals surface area contributed by atoms with E-state index in [2.05, 4.69) is 19.2 Å². The summed E-state index contributed by atoms with van der Waals surface area (Å²) < 4.78 is 23.0. The summed E-state index contributed by atoms with van der Waals surface area (Å²) in [4.78, 5) is 0. The average Bonchev–Trinajstić information content (AvgIpc) is 2.14. The minimum atomic E-state index is -3.02. The standard InChI is InChI=1S/C11H25NO3S/c1-9(2)7-12-8-11(13)5-6-16(14,15)10(3)4/h9-13H,5-8H2,1-4H3. The third-order valence-electron chi connectivity index (χ3n) is 2.39. The van der Waals surface area contributed by atoms with Crippen LogP contribution >= 0.6 is 0 Å². The Hall–Kier alpha value is -0.130. The van der Waals surface area contributed by atoms with Gasteiger partial charge in [-0.1, -0.05) is 13.8 Å². The molecule has 1 atom stereocenters. The third-order valence-corrected chi connectivity index (χ3v) is 4.63. The molecule has 5 heteroatoms. The van der Waals surface area contributed by atoms with Gasteiger partial charge in [0.05, 0.1) is 17.1 Å². The van der Waals surface area contributed by atoms with E-state index >= 15 is 0 Å². The summed E-state index contributed by atoms with van der Waals surface area (Å²) in [6.07, 6.45) is -0.265.